The van der Waals surface area contributed by atoms with E-state index in [2.05, 4.69) is 10.0 Å². The third-order valence-corrected chi connectivity index (χ3v) is 4.25. The Balaban J connectivity index is 1.79. The normalized spacial score (nSPS) is 15.1. The number of nitrogens with one attached hydrogen (secondary N) is 2. The lowest BCUT2D eigenvalue weighted by atomic mass is 10.2. The zero-order valence-electron chi connectivity index (χ0n) is 10.6. The van der Waals surface area contributed by atoms with E-state index in [1.54, 1.807) is 24.3 Å². The van der Waals surface area contributed by atoms with Gasteiger partial charge in [-0.05, 0) is 30.5 Å². The van der Waals surface area contributed by atoms with E-state index < -0.39 is 10.0 Å². The summed E-state index contributed by atoms with van der Waals surface area (Å²) in [5.74, 6) is -0.0534. The van der Waals surface area contributed by atoms with Gasteiger partial charge in [-0.15, -0.1) is 0 Å². The molecule has 1 saturated carbocycles. The van der Waals surface area contributed by atoms with E-state index in [0.717, 1.165) is 0 Å². The molecule has 0 atom stereocenters. The van der Waals surface area contributed by atoms with Gasteiger partial charge in [-0.2, -0.15) is 5.26 Å². The molecule has 0 saturated heterocycles. The Morgan fingerprint density at radius 2 is 1.89 bits per heavy atom. The van der Waals surface area contributed by atoms with E-state index in [0.29, 0.717) is 30.3 Å². The summed E-state index contributed by atoms with van der Waals surface area (Å²) in [5.41, 5.74) is 1.21. The molecule has 6 heteroatoms. The molecule has 0 bridgehead atoms. The zero-order valence-corrected chi connectivity index (χ0v) is 11.4. The Bertz CT molecular complexity index is 557. The minimum Gasteiger partial charge on any atom is -0.313 e. The SMILES string of the molecule is N#Cc1ccc(CS(=O)(=O)NCCNC2CC2)cc1. The Morgan fingerprint density at radius 3 is 2.47 bits per heavy atom. The molecule has 1 fully saturated rings. The lowest BCUT2D eigenvalue weighted by Crippen LogP contribution is -2.33. The third kappa shape index (κ3) is 4.99. The van der Waals surface area contributed by atoms with E-state index in [-0.39, 0.29) is 5.75 Å². The number of sulfonamides is 1. The highest BCUT2D eigenvalue weighted by Crippen LogP contribution is 2.17. The van der Waals surface area contributed by atoms with E-state index in [1.807, 2.05) is 6.07 Å². The predicted octanol–water partition coefficient (Wildman–Crippen LogP) is 0.730. The lowest BCUT2D eigenvalue weighted by molar-refractivity contribution is 0.574. The van der Waals surface area contributed by atoms with E-state index in [9.17, 15) is 8.42 Å². The summed E-state index contributed by atoms with van der Waals surface area (Å²) in [6.45, 7) is 1.08. The number of rotatable bonds is 7. The van der Waals surface area contributed by atoms with Crippen molar-refractivity contribution in [2.75, 3.05) is 13.1 Å². The minimum atomic E-state index is -3.30. The van der Waals surface area contributed by atoms with Crippen molar-refractivity contribution in [2.45, 2.75) is 24.6 Å². The maximum Gasteiger partial charge on any atom is 0.215 e. The third-order valence-electron chi connectivity index (χ3n) is 2.90. The summed E-state index contributed by atoms with van der Waals surface area (Å²) >= 11 is 0. The number of hydrogen-bond acceptors (Lipinski definition) is 4. The molecule has 1 aliphatic rings. The van der Waals surface area contributed by atoms with Crippen molar-refractivity contribution < 1.29 is 8.42 Å². The van der Waals surface area contributed by atoms with Gasteiger partial charge >= 0.3 is 0 Å². The van der Waals surface area contributed by atoms with Crippen molar-refractivity contribution in [2.24, 2.45) is 0 Å². The number of hydrogen-bond donors (Lipinski definition) is 2. The number of nitrogens with zero attached hydrogens (tertiary/aromatic N) is 1. The largest absolute Gasteiger partial charge is 0.313 e. The molecule has 0 heterocycles. The van der Waals surface area contributed by atoms with Gasteiger partial charge in [0.2, 0.25) is 10.0 Å². The second kappa shape index (κ2) is 6.15. The molecule has 102 valence electrons. The van der Waals surface area contributed by atoms with E-state index in [1.165, 1.54) is 12.8 Å². The first-order valence-electron chi connectivity index (χ1n) is 6.29. The van der Waals surface area contributed by atoms with Crippen LogP contribution in [0.1, 0.15) is 24.0 Å². The van der Waals surface area contributed by atoms with Crippen molar-refractivity contribution in [3.05, 3.63) is 35.4 Å². The summed E-state index contributed by atoms with van der Waals surface area (Å²) in [4.78, 5) is 0. The van der Waals surface area contributed by atoms with Gasteiger partial charge in [-0.1, -0.05) is 12.1 Å². The van der Waals surface area contributed by atoms with Crippen molar-refractivity contribution in [3.8, 4) is 6.07 Å². The maximum absolute atomic E-state index is 11.8. The van der Waals surface area contributed by atoms with E-state index in [4.69, 9.17) is 5.26 Å². The molecule has 0 aromatic heterocycles. The number of nitriles is 1. The summed E-state index contributed by atoms with van der Waals surface area (Å²) in [5, 5.41) is 11.9. The monoisotopic (exact) mass is 279 g/mol. The predicted molar refractivity (Wildman–Crippen MR) is 72.8 cm³/mol. The molecule has 0 aliphatic heterocycles. The van der Waals surface area contributed by atoms with Crippen LogP contribution in [0.2, 0.25) is 0 Å². The average Bonchev–Trinajstić information content (AvgIpc) is 3.19. The summed E-state index contributed by atoms with van der Waals surface area (Å²) in [6, 6.07) is 9.17. The van der Waals surface area contributed by atoms with Crippen LogP contribution in [0.25, 0.3) is 0 Å². The van der Waals surface area contributed by atoms with Crippen molar-refractivity contribution in [1.82, 2.24) is 10.0 Å². The first-order valence-corrected chi connectivity index (χ1v) is 7.94. The second-order valence-electron chi connectivity index (χ2n) is 4.69. The zero-order chi connectivity index (χ0) is 13.7. The van der Waals surface area contributed by atoms with Crippen LogP contribution >= 0.6 is 0 Å². The molecule has 1 aromatic carbocycles. The van der Waals surface area contributed by atoms with Gasteiger partial charge in [0, 0.05) is 19.1 Å². The Hall–Kier alpha value is -1.42. The molecule has 0 amide bonds. The van der Waals surface area contributed by atoms with Gasteiger partial charge in [0.1, 0.15) is 0 Å². The molecule has 19 heavy (non-hydrogen) atoms. The lowest BCUT2D eigenvalue weighted by Gasteiger charge is -2.07. The quantitative estimate of drug-likeness (QED) is 0.721. The smallest absolute Gasteiger partial charge is 0.215 e. The van der Waals surface area contributed by atoms with Gasteiger partial charge in [0.25, 0.3) is 0 Å². The average molecular weight is 279 g/mol. The van der Waals surface area contributed by atoms with Crippen molar-refractivity contribution >= 4 is 10.0 Å². The van der Waals surface area contributed by atoms with Gasteiger partial charge < -0.3 is 5.32 Å². The van der Waals surface area contributed by atoms with Crippen LogP contribution in [-0.2, 0) is 15.8 Å². The fraction of sp³-hybridized carbons (Fsp3) is 0.462. The van der Waals surface area contributed by atoms with Crippen LogP contribution in [0.3, 0.4) is 0 Å². The molecule has 0 unspecified atom stereocenters. The molecule has 2 N–H and O–H groups in total. The summed E-state index contributed by atoms with van der Waals surface area (Å²) in [7, 11) is -3.30. The number of benzene rings is 1. The molecular weight excluding hydrogens is 262 g/mol. The highest BCUT2D eigenvalue weighted by molar-refractivity contribution is 7.88. The van der Waals surface area contributed by atoms with Gasteiger partial charge in [0.05, 0.1) is 17.4 Å². The molecule has 0 spiro atoms. The summed E-state index contributed by atoms with van der Waals surface area (Å²) in [6.07, 6.45) is 2.38. The first kappa shape index (κ1) is 14.0. The summed E-state index contributed by atoms with van der Waals surface area (Å²) < 4.78 is 26.2. The molecule has 2 rings (SSSR count). The Morgan fingerprint density at radius 1 is 1.21 bits per heavy atom. The molecular formula is C13H17N3O2S. The second-order valence-corrected chi connectivity index (χ2v) is 6.50. The van der Waals surface area contributed by atoms with Crippen LogP contribution < -0.4 is 10.0 Å². The standard InChI is InChI=1S/C13H17N3O2S/c14-9-11-1-3-12(4-2-11)10-19(17,18)16-8-7-15-13-5-6-13/h1-4,13,15-16H,5-8,10H2. The molecule has 1 aromatic rings. The van der Waals surface area contributed by atoms with Crippen molar-refractivity contribution in [1.29, 1.82) is 5.26 Å². The topological polar surface area (TPSA) is 82.0 Å². The molecule has 5 nitrogen and oxygen atoms in total. The van der Waals surface area contributed by atoms with Gasteiger partial charge in [0.15, 0.2) is 0 Å². The fourth-order valence-corrected chi connectivity index (χ4v) is 2.86. The Kier molecular flexibility index (Phi) is 4.53. The highest BCUT2D eigenvalue weighted by atomic mass is 32.2. The van der Waals surface area contributed by atoms with Crippen LogP contribution in [0.4, 0.5) is 0 Å². The first-order chi connectivity index (χ1) is 9.09. The van der Waals surface area contributed by atoms with E-state index >= 15 is 0 Å². The van der Waals surface area contributed by atoms with Crippen LogP contribution in [0, 0.1) is 11.3 Å². The molecule has 0 radical (unpaired) electrons. The molecule has 1 aliphatic carbocycles. The minimum absolute atomic E-state index is 0.0534. The fourth-order valence-electron chi connectivity index (χ4n) is 1.72. The Labute approximate surface area is 113 Å². The van der Waals surface area contributed by atoms with Gasteiger partial charge in [-0.3, -0.25) is 0 Å². The highest BCUT2D eigenvalue weighted by Gasteiger charge is 2.20. The maximum atomic E-state index is 11.8. The van der Waals surface area contributed by atoms with Crippen molar-refractivity contribution in [3.63, 3.8) is 0 Å². The van der Waals surface area contributed by atoms with Gasteiger partial charge in [-0.25, -0.2) is 13.1 Å². The van der Waals surface area contributed by atoms with Crippen LogP contribution in [-0.4, -0.2) is 27.5 Å². The van der Waals surface area contributed by atoms with Crippen LogP contribution in [0.5, 0.6) is 0 Å². The van der Waals surface area contributed by atoms with Crippen LogP contribution in [0.15, 0.2) is 24.3 Å².